The number of para-hydroxylation sites is 1. The van der Waals surface area contributed by atoms with Gasteiger partial charge in [0.05, 0.1) is 25.0 Å². The summed E-state index contributed by atoms with van der Waals surface area (Å²) in [6, 6.07) is 9.82. The largest absolute Gasteiger partial charge is 0.355 e. The van der Waals surface area contributed by atoms with Gasteiger partial charge in [-0.15, -0.1) is 0 Å². The minimum Gasteiger partial charge on any atom is -0.355 e. The fraction of sp³-hybridized carbons (Fsp3) is 0.421. The van der Waals surface area contributed by atoms with E-state index in [0.717, 1.165) is 17.7 Å². The summed E-state index contributed by atoms with van der Waals surface area (Å²) < 4.78 is 1.79. The van der Waals surface area contributed by atoms with Crippen LogP contribution in [0.2, 0.25) is 0 Å². The highest BCUT2D eigenvalue weighted by molar-refractivity contribution is 5.81. The number of aromatic nitrogens is 2. The van der Waals surface area contributed by atoms with Crippen LogP contribution in [0.5, 0.6) is 0 Å². The van der Waals surface area contributed by atoms with Gasteiger partial charge in [-0.3, -0.25) is 14.5 Å². The molecular weight excluding hydrogens is 330 g/mol. The summed E-state index contributed by atoms with van der Waals surface area (Å²) in [5.74, 6) is -0.0998. The number of benzene rings is 1. The average Bonchev–Trinajstić information content (AvgIpc) is 3.09. The monoisotopic (exact) mass is 357 g/mol. The predicted molar refractivity (Wildman–Crippen MR) is 101 cm³/mol. The average molecular weight is 357 g/mol. The van der Waals surface area contributed by atoms with Crippen LogP contribution < -0.4 is 5.32 Å². The van der Waals surface area contributed by atoms with Crippen LogP contribution in [0.1, 0.15) is 18.9 Å². The Balaban J connectivity index is 1.83. The maximum absolute atomic E-state index is 12.4. The summed E-state index contributed by atoms with van der Waals surface area (Å²) in [5, 5.41) is 7.15. The lowest BCUT2D eigenvalue weighted by atomic mass is 10.3. The Labute approximate surface area is 154 Å². The number of rotatable bonds is 9. The zero-order valence-corrected chi connectivity index (χ0v) is 15.7. The molecule has 140 valence electrons. The molecule has 7 nitrogen and oxygen atoms in total. The molecule has 0 saturated carbocycles. The zero-order chi connectivity index (χ0) is 18.9. The van der Waals surface area contributed by atoms with E-state index in [9.17, 15) is 9.59 Å². The van der Waals surface area contributed by atoms with Crippen LogP contribution in [0.15, 0.2) is 42.7 Å². The Morgan fingerprint density at radius 3 is 2.58 bits per heavy atom. The molecule has 1 aromatic carbocycles. The minimum atomic E-state index is -0.0612. The number of nitrogens with one attached hydrogen (secondary N) is 1. The lowest BCUT2D eigenvalue weighted by Crippen LogP contribution is -2.41. The summed E-state index contributed by atoms with van der Waals surface area (Å²) in [7, 11) is 3.53. The van der Waals surface area contributed by atoms with Gasteiger partial charge in [0.25, 0.3) is 0 Å². The van der Waals surface area contributed by atoms with Gasteiger partial charge in [0.1, 0.15) is 0 Å². The van der Waals surface area contributed by atoms with E-state index >= 15 is 0 Å². The molecule has 7 heteroatoms. The minimum absolute atomic E-state index is 0.0387. The van der Waals surface area contributed by atoms with Crippen molar-refractivity contribution in [1.29, 1.82) is 0 Å². The van der Waals surface area contributed by atoms with Crippen LogP contribution in [0, 0.1) is 0 Å². The summed E-state index contributed by atoms with van der Waals surface area (Å²) >= 11 is 0. The highest BCUT2D eigenvalue weighted by Gasteiger charge is 2.15. The molecule has 0 aliphatic carbocycles. The number of nitrogens with zero attached hydrogens (tertiary/aromatic N) is 4. The number of likely N-dealkylation sites (N-methyl/N-ethyl adjacent to an activating group) is 2. The molecule has 2 amide bonds. The first-order chi connectivity index (χ1) is 12.5. The van der Waals surface area contributed by atoms with Gasteiger partial charge in [-0.05, 0) is 25.6 Å². The van der Waals surface area contributed by atoms with Crippen molar-refractivity contribution in [2.45, 2.75) is 19.9 Å². The van der Waals surface area contributed by atoms with Crippen LogP contribution in [-0.2, 0) is 16.1 Å². The molecule has 0 saturated heterocycles. The van der Waals surface area contributed by atoms with Gasteiger partial charge >= 0.3 is 0 Å². The third-order valence-corrected chi connectivity index (χ3v) is 3.89. The van der Waals surface area contributed by atoms with E-state index in [0.29, 0.717) is 13.1 Å². The fourth-order valence-electron chi connectivity index (χ4n) is 2.50. The number of hydrogen-bond donors (Lipinski definition) is 1. The molecule has 0 radical (unpaired) electrons. The van der Waals surface area contributed by atoms with E-state index in [2.05, 4.69) is 10.4 Å². The van der Waals surface area contributed by atoms with Crippen LogP contribution >= 0.6 is 0 Å². The van der Waals surface area contributed by atoms with E-state index in [-0.39, 0.29) is 24.9 Å². The smallest absolute Gasteiger partial charge is 0.236 e. The Hall–Kier alpha value is -2.67. The molecule has 0 atom stereocenters. The standard InChI is InChI=1S/C19H27N5O2/c1-4-10-20-18(25)14-22(2)15-19(26)23(3)12-16-11-21-24(13-16)17-8-6-5-7-9-17/h5-9,11,13H,4,10,12,14-15H2,1-3H3,(H,20,25). The number of hydrogen-bond acceptors (Lipinski definition) is 4. The fourth-order valence-corrected chi connectivity index (χ4v) is 2.50. The lowest BCUT2D eigenvalue weighted by molar-refractivity contribution is -0.132. The first kappa shape index (κ1) is 19.7. The molecule has 1 N–H and O–H groups in total. The third kappa shape index (κ3) is 6.00. The molecule has 2 rings (SSSR count). The maximum Gasteiger partial charge on any atom is 0.236 e. The molecule has 0 spiro atoms. The van der Waals surface area contributed by atoms with Gasteiger partial charge in [0.2, 0.25) is 11.8 Å². The van der Waals surface area contributed by atoms with E-state index < -0.39 is 0 Å². The van der Waals surface area contributed by atoms with Gasteiger partial charge in [-0.25, -0.2) is 4.68 Å². The Kier molecular flexibility index (Phi) is 7.35. The van der Waals surface area contributed by atoms with Gasteiger partial charge in [0, 0.05) is 31.9 Å². The Morgan fingerprint density at radius 1 is 1.15 bits per heavy atom. The Morgan fingerprint density at radius 2 is 1.88 bits per heavy atom. The van der Waals surface area contributed by atoms with Crippen molar-refractivity contribution >= 4 is 11.8 Å². The zero-order valence-electron chi connectivity index (χ0n) is 15.7. The van der Waals surface area contributed by atoms with Gasteiger partial charge in [-0.1, -0.05) is 25.1 Å². The van der Waals surface area contributed by atoms with Crippen molar-refractivity contribution in [2.75, 3.05) is 33.7 Å². The highest BCUT2D eigenvalue weighted by atomic mass is 16.2. The van der Waals surface area contributed by atoms with Crippen LogP contribution in [0.4, 0.5) is 0 Å². The molecule has 1 heterocycles. The van der Waals surface area contributed by atoms with Crippen molar-refractivity contribution in [3.8, 4) is 5.69 Å². The second kappa shape index (κ2) is 9.72. The van der Waals surface area contributed by atoms with Crippen molar-refractivity contribution in [3.63, 3.8) is 0 Å². The van der Waals surface area contributed by atoms with Crippen molar-refractivity contribution < 1.29 is 9.59 Å². The Bertz CT molecular complexity index is 714. The lowest BCUT2D eigenvalue weighted by Gasteiger charge is -2.21. The van der Waals surface area contributed by atoms with E-state index in [1.807, 2.05) is 43.5 Å². The van der Waals surface area contributed by atoms with Crippen LogP contribution in [0.3, 0.4) is 0 Å². The van der Waals surface area contributed by atoms with E-state index in [4.69, 9.17) is 0 Å². The van der Waals surface area contributed by atoms with Crippen molar-refractivity contribution in [3.05, 3.63) is 48.3 Å². The molecule has 0 bridgehead atoms. The number of carbonyl (C=O) groups is 2. The van der Waals surface area contributed by atoms with Crippen LogP contribution in [0.25, 0.3) is 5.69 Å². The molecule has 1 aromatic heterocycles. The van der Waals surface area contributed by atoms with Crippen molar-refractivity contribution in [1.82, 2.24) is 24.9 Å². The molecule has 0 unspecified atom stereocenters. The second-order valence-electron chi connectivity index (χ2n) is 6.40. The summed E-state index contributed by atoms with van der Waals surface area (Å²) in [4.78, 5) is 27.4. The molecule has 26 heavy (non-hydrogen) atoms. The normalized spacial score (nSPS) is 10.8. The quantitative estimate of drug-likeness (QED) is 0.734. The topological polar surface area (TPSA) is 70.5 Å². The molecule has 2 aromatic rings. The summed E-state index contributed by atoms with van der Waals surface area (Å²) in [6.45, 7) is 3.55. The number of carbonyl (C=O) groups excluding carboxylic acids is 2. The number of amides is 2. The second-order valence-corrected chi connectivity index (χ2v) is 6.40. The first-order valence-corrected chi connectivity index (χ1v) is 8.77. The van der Waals surface area contributed by atoms with Crippen LogP contribution in [-0.4, -0.2) is 65.1 Å². The molecule has 0 aliphatic rings. The third-order valence-electron chi connectivity index (χ3n) is 3.89. The van der Waals surface area contributed by atoms with E-state index in [1.54, 1.807) is 34.8 Å². The van der Waals surface area contributed by atoms with Gasteiger partial charge < -0.3 is 10.2 Å². The molecular formula is C19H27N5O2. The summed E-state index contributed by atoms with van der Waals surface area (Å²) in [5.41, 5.74) is 1.93. The first-order valence-electron chi connectivity index (χ1n) is 8.77. The van der Waals surface area contributed by atoms with Gasteiger partial charge in [0.15, 0.2) is 0 Å². The van der Waals surface area contributed by atoms with E-state index in [1.165, 1.54) is 0 Å². The van der Waals surface area contributed by atoms with Gasteiger partial charge in [-0.2, -0.15) is 5.10 Å². The summed E-state index contributed by atoms with van der Waals surface area (Å²) in [6.07, 6.45) is 4.58. The predicted octanol–water partition coefficient (Wildman–Crippen LogP) is 1.29. The molecule has 0 aliphatic heterocycles. The SMILES string of the molecule is CCCNC(=O)CN(C)CC(=O)N(C)Cc1cnn(-c2ccccc2)c1. The van der Waals surface area contributed by atoms with Crippen molar-refractivity contribution in [2.24, 2.45) is 0 Å². The highest BCUT2D eigenvalue weighted by Crippen LogP contribution is 2.09. The molecule has 0 fully saturated rings. The maximum atomic E-state index is 12.4.